The molecule has 2 heterocycles. The van der Waals surface area contributed by atoms with Gasteiger partial charge < -0.3 is 9.13 Å². The zero-order chi connectivity index (χ0) is 52.9. The van der Waals surface area contributed by atoms with Gasteiger partial charge >= 0.3 is 0 Å². The molecule has 0 fully saturated rings. The molecule has 0 saturated heterocycles. The summed E-state index contributed by atoms with van der Waals surface area (Å²) in [4.78, 5) is 0. The lowest BCUT2D eigenvalue weighted by molar-refractivity contribution is 0.986. The van der Waals surface area contributed by atoms with Gasteiger partial charge in [-0.3, -0.25) is 0 Å². The van der Waals surface area contributed by atoms with Crippen LogP contribution in [0.3, 0.4) is 0 Å². The van der Waals surface area contributed by atoms with Gasteiger partial charge in [0.05, 0.1) is 22.8 Å². The molecule has 0 spiro atoms. The number of benzene rings is 12. The van der Waals surface area contributed by atoms with Gasteiger partial charge in [-0.05, 0) is 178 Å². The Kier molecular flexibility index (Phi) is 11.7. The molecule has 15 rings (SSSR count). The lowest BCUT2D eigenvalue weighted by atomic mass is 9.84. The van der Waals surface area contributed by atoms with Crippen molar-refractivity contribution in [2.24, 2.45) is 0 Å². The third-order valence-electron chi connectivity index (χ3n) is 16.4. The zero-order valence-corrected chi connectivity index (χ0v) is 44.2. The van der Waals surface area contributed by atoms with E-state index in [1.807, 2.05) is 0 Å². The minimum atomic E-state index is 1.07. The minimum Gasteiger partial charge on any atom is -0.309 e. The first-order valence-corrected chi connectivity index (χ1v) is 27.9. The predicted octanol–water partition coefficient (Wildman–Crippen LogP) is 21.0. The van der Waals surface area contributed by atoms with Crippen LogP contribution in [0.15, 0.2) is 297 Å². The van der Waals surface area contributed by atoms with Crippen LogP contribution in [0, 0.1) is 0 Å². The van der Waals surface area contributed by atoms with Crippen LogP contribution in [0.2, 0.25) is 0 Å². The highest BCUT2D eigenvalue weighted by Gasteiger charge is 2.23. The standard InChI is InChI=1S/C78H54N2/c1-5-19-57(20-6-1)73-45-46-74(58-21-7-2-8-22-58)79(73)67-41-43-69-71(51-67)77(61-35-29-55(30-36-61)65-39-33-53-17-13-15-27-63(53)49-65)70-44-42-68(80-75(59-23-9-3-10-24-59)47-48-76(80)60-25-11-4-12-26-60)52-72(70)78(69)62-37-31-56(32-38-62)66-40-34-54-18-14-16-28-64(54)50-66/h1-15,17-27,29-52H,16,28H2. The van der Waals surface area contributed by atoms with Gasteiger partial charge in [-0.2, -0.15) is 0 Å². The Morgan fingerprint density at radius 3 is 1.10 bits per heavy atom. The van der Waals surface area contributed by atoms with Crippen molar-refractivity contribution in [3.63, 3.8) is 0 Å². The SMILES string of the molecule is C1=Cc2ccc(-c3ccc(-c4c5ccc(-n6c(-c7ccccc7)ccc6-c6ccccc6)cc5c(-c5ccc(-c6ccc7ccccc7c6)cc5)c5ccc(-n6c(-c7ccccc7)ccc6-c6ccccc6)cc45)cc3)cc2CC1. The number of aryl methyl sites for hydroxylation is 1. The average Bonchev–Trinajstić information content (AvgIpc) is 4.29. The fraction of sp³-hybridized carbons (Fsp3) is 0.0256. The number of allylic oxidation sites excluding steroid dienone is 1. The maximum absolute atomic E-state index is 2.46. The minimum absolute atomic E-state index is 1.07. The number of nitrogens with zero attached hydrogens (tertiary/aromatic N) is 2. The zero-order valence-electron chi connectivity index (χ0n) is 44.2. The summed E-state index contributed by atoms with van der Waals surface area (Å²) in [6.07, 6.45) is 6.71. The molecule has 0 aliphatic heterocycles. The fourth-order valence-corrected chi connectivity index (χ4v) is 12.5. The summed E-state index contributed by atoms with van der Waals surface area (Å²) in [5.74, 6) is 0. The highest BCUT2D eigenvalue weighted by molar-refractivity contribution is 6.22. The van der Waals surface area contributed by atoms with Gasteiger partial charge in [0.25, 0.3) is 0 Å². The molecular formula is C78H54N2. The van der Waals surface area contributed by atoms with Gasteiger partial charge in [0.2, 0.25) is 0 Å². The fourth-order valence-electron chi connectivity index (χ4n) is 12.5. The van der Waals surface area contributed by atoms with E-state index < -0.39 is 0 Å². The van der Waals surface area contributed by atoms with Crippen LogP contribution in [0.1, 0.15) is 17.5 Å². The van der Waals surface area contributed by atoms with Crippen LogP contribution in [-0.4, -0.2) is 9.13 Å². The first-order valence-electron chi connectivity index (χ1n) is 27.9. The van der Waals surface area contributed by atoms with E-state index in [9.17, 15) is 0 Å². The van der Waals surface area contributed by atoms with E-state index in [1.165, 1.54) is 82.4 Å². The van der Waals surface area contributed by atoms with Crippen molar-refractivity contribution in [1.29, 1.82) is 0 Å². The number of hydrogen-bond donors (Lipinski definition) is 0. The molecule has 80 heavy (non-hydrogen) atoms. The molecule has 1 aliphatic rings. The van der Waals surface area contributed by atoms with E-state index >= 15 is 0 Å². The Hall–Kier alpha value is -10.3. The Labute approximate surface area is 467 Å². The van der Waals surface area contributed by atoms with Gasteiger partial charge in [-0.1, -0.05) is 249 Å². The van der Waals surface area contributed by atoms with Gasteiger partial charge in [-0.15, -0.1) is 0 Å². The number of rotatable bonds is 10. The second-order valence-electron chi connectivity index (χ2n) is 21.1. The Morgan fingerprint density at radius 1 is 0.250 bits per heavy atom. The van der Waals surface area contributed by atoms with E-state index in [-0.39, 0.29) is 0 Å². The Morgan fingerprint density at radius 2 is 0.637 bits per heavy atom. The molecule has 1 aliphatic carbocycles. The first-order chi connectivity index (χ1) is 39.7. The van der Waals surface area contributed by atoms with E-state index in [0.29, 0.717) is 0 Å². The largest absolute Gasteiger partial charge is 0.309 e. The maximum Gasteiger partial charge on any atom is 0.0535 e. The summed E-state index contributed by atoms with van der Waals surface area (Å²) in [6, 6.07) is 108. The van der Waals surface area contributed by atoms with E-state index in [1.54, 1.807) is 0 Å². The van der Waals surface area contributed by atoms with Gasteiger partial charge in [0, 0.05) is 11.4 Å². The molecule has 2 nitrogen and oxygen atoms in total. The van der Waals surface area contributed by atoms with E-state index in [4.69, 9.17) is 0 Å². The van der Waals surface area contributed by atoms with Crippen molar-refractivity contribution in [2.75, 3.05) is 0 Å². The first kappa shape index (κ1) is 47.0. The molecule has 0 unspecified atom stereocenters. The van der Waals surface area contributed by atoms with Crippen molar-refractivity contribution in [3.05, 3.63) is 308 Å². The van der Waals surface area contributed by atoms with Crippen LogP contribution in [0.25, 0.3) is 139 Å². The topological polar surface area (TPSA) is 9.86 Å². The van der Waals surface area contributed by atoms with Crippen LogP contribution < -0.4 is 0 Å². The molecule has 0 atom stereocenters. The van der Waals surface area contributed by atoms with Gasteiger partial charge in [0.15, 0.2) is 0 Å². The molecular weight excluding hydrogens is 965 g/mol. The molecule has 14 aromatic rings. The van der Waals surface area contributed by atoms with Crippen LogP contribution in [-0.2, 0) is 6.42 Å². The third kappa shape index (κ3) is 8.38. The summed E-state index contributed by atoms with van der Waals surface area (Å²) in [5.41, 5.74) is 23.7. The molecule has 12 aromatic carbocycles. The second kappa shape index (κ2) is 19.9. The maximum atomic E-state index is 2.46. The number of fused-ring (bicyclic) bond motifs is 4. The van der Waals surface area contributed by atoms with E-state index in [2.05, 4.69) is 312 Å². The Bertz CT molecular complexity index is 4530. The number of aromatic nitrogens is 2. The molecule has 0 N–H and O–H groups in total. The number of hydrogen-bond acceptors (Lipinski definition) is 0. The monoisotopic (exact) mass is 1020 g/mol. The van der Waals surface area contributed by atoms with E-state index in [0.717, 1.165) is 74.8 Å². The molecule has 2 aromatic heterocycles. The highest BCUT2D eigenvalue weighted by Crippen LogP contribution is 2.47. The van der Waals surface area contributed by atoms with Gasteiger partial charge in [0.1, 0.15) is 0 Å². The smallest absolute Gasteiger partial charge is 0.0535 e. The molecule has 0 radical (unpaired) electrons. The molecule has 0 amide bonds. The van der Waals surface area contributed by atoms with Crippen LogP contribution in [0.4, 0.5) is 0 Å². The normalized spacial score (nSPS) is 12.1. The lowest BCUT2D eigenvalue weighted by Gasteiger charge is -2.22. The molecule has 0 bridgehead atoms. The van der Waals surface area contributed by atoms with Crippen LogP contribution in [0.5, 0.6) is 0 Å². The van der Waals surface area contributed by atoms with Crippen molar-refractivity contribution >= 4 is 38.4 Å². The van der Waals surface area contributed by atoms with Crippen molar-refractivity contribution < 1.29 is 0 Å². The van der Waals surface area contributed by atoms with Crippen molar-refractivity contribution in [1.82, 2.24) is 9.13 Å². The Balaban J connectivity index is 1.01. The molecule has 0 saturated carbocycles. The highest BCUT2D eigenvalue weighted by atomic mass is 15.0. The second-order valence-corrected chi connectivity index (χ2v) is 21.1. The molecule has 376 valence electrons. The summed E-state index contributed by atoms with van der Waals surface area (Å²) in [7, 11) is 0. The third-order valence-corrected chi connectivity index (χ3v) is 16.4. The average molecular weight is 1020 g/mol. The quantitative estimate of drug-likeness (QED) is 0.121. The lowest BCUT2D eigenvalue weighted by Crippen LogP contribution is -2.02. The predicted molar refractivity (Wildman–Crippen MR) is 338 cm³/mol. The van der Waals surface area contributed by atoms with Gasteiger partial charge in [-0.25, -0.2) is 0 Å². The molecule has 2 heteroatoms. The summed E-state index contributed by atoms with van der Waals surface area (Å²) in [5, 5.41) is 7.23. The van der Waals surface area contributed by atoms with Crippen molar-refractivity contribution in [3.8, 4) is 101 Å². The summed E-state index contributed by atoms with van der Waals surface area (Å²) in [6.45, 7) is 0. The van der Waals surface area contributed by atoms with Crippen LogP contribution >= 0.6 is 0 Å². The van der Waals surface area contributed by atoms with Crippen molar-refractivity contribution in [2.45, 2.75) is 12.8 Å². The summed E-state index contributed by atoms with van der Waals surface area (Å²) < 4.78 is 4.91. The summed E-state index contributed by atoms with van der Waals surface area (Å²) >= 11 is 0.